The number of benzene rings is 1. The van der Waals surface area contributed by atoms with Crippen LogP contribution < -0.4 is 0 Å². The molecule has 0 aromatic heterocycles. The van der Waals surface area contributed by atoms with Gasteiger partial charge in [-0.05, 0) is 11.6 Å². The molecule has 0 aliphatic carbocycles. The van der Waals surface area contributed by atoms with Gasteiger partial charge in [0, 0.05) is 11.6 Å². The van der Waals surface area contributed by atoms with Gasteiger partial charge in [-0.15, -0.1) is 0 Å². The minimum atomic E-state index is -0.00213. The molecule has 0 radical (unpaired) electrons. The lowest BCUT2D eigenvalue weighted by Crippen LogP contribution is -1.85. The second-order valence-corrected chi connectivity index (χ2v) is 2.84. The van der Waals surface area contributed by atoms with Gasteiger partial charge in [0.1, 0.15) is 17.7 Å². The molecule has 1 rings (SSSR count). The fourth-order valence-corrected chi connectivity index (χ4v) is 1.21. The van der Waals surface area contributed by atoms with Gasteiger partial charge in [0.25, 0.3) is 0 Å². The van der Waals surface area contributed by atoms with E-state index in [2.05, 4.69) is 0 Å². The molecule has 0 N–H and O–H groups in total. The third-order valence-corrected chi connectivity index (χ3v) is 1.90. The number of rotatable bonds is 2. The van der Waals surface area contributed by atoms with E-state index >= 15 is 0 Å². The fourth-order valence-electron chi connectivity index (χ4n) is 1.21. The van der Waals surface area contributed by atoms with Gasteiger partial charge in [-0.25, -0.2) is 0 Å². The Hall–Kier alpha value is -2.83. The van der Waals surface area contributed by atoms with Gasteiger partial charge in [-0.1, -0.05) is 30.3 Å². The molecule has 3 heteroatoms. The van der Waals surface area contributed by atoms with Crippen LogP contribution in [0.5, 0.6) is 0 Å². The molecule has 1 aromatic rings. The van der Waals surface area contributed by atoms with Crippen molar-refractivity contribution >= 4 is 5.57 Å². The zero-order chi connectivity index (χ0) is 11.8. The maximum absolute atomic E-state index is 8.81. The molecule has 0 bridgehead atoms. The minimum absolute atomic E-state index is 0.00213. The van der Waals surface area contributed by atoms with E-state index in [-0.39, 0.29) is 5.57 Å². The van der Waals surface area contributed by atoms with Crippen LogP contribution in [0.3, 0.4) is 0 Å². The van der Waals surface area contributed by atoms with Crippen LogP contribution in [0.25, 0.3) is 5.57 Å². The molecule has 0 saturated carbocycles. The van der Waals surface area contributed by atoms with Crippen molar-refractivity contribution in [3.63, 3.8) is 0 Å². The first-order valence-corrected chi connectivity index (χ1v) is 4.49. The highest BCUT2D eigenvalue weighted by atomic mass is 14.3. The van der Waals surface area contributed by atoms with E-state index in [1.165, 1.54) is 12.2 Å². The first kappa shape index (κ1) is 11.2. The van der Waals surface area contributed by atoms with E-state index in [0.717, 1.165) is 5.56 Å². The molecular weight excluding hydrogens is 198 g/mol. The third-order valence-electron chi connectivity index (χ3n) is 1.90. The van der Waals surface area contributed by atoms with Crippen molar-refractivity contribution in [2.24, 2.45) is 0 Å². The molecule has 16 heavy (non-hydrogen) atoms. The number of nitriles is 3. The first-order valence-electron chi connectivity index (χ1n) is 4.49. The molecule has 0 unspecified atom stereocenters. The highest BCUT2D eigenvalue weighted by Gasteiger charge is 2.05. The number of allylic oxidation sites excluding steroid dienone is 4. The van der Waals surface area contributed by atoms with Gasteiger partial charge < -0.3 is 0 Å². The van der Waals surface area contributed by atoms with Crippen molar-refractivity contribution in [2.75, 3.05) is 0 Å². The Balaban J connectivity index is 3.36. The fraction of sp³-hybridized carbons (Fsp3) is 0. The summed E-state index contributed by atoms with van der Waals surface area (Å²) in [6.07, 6.45) is 2.72. The highest BCUT2D eigenvalue weighted by Crippen LogP contribution is 2.19. The summed E-state index contributed by atoms with van der Waals surface area (Å²) in [4.78, 5) is 0. The van der Waals surface area contributed by atoms with E-state index < -0.39 is 0 Å². The average Bonchev–Trinajstić information content (AvgIpc) is 2.35. The standard InChI is InChI=1S/C13H7N3/c14-8-4-7-13(12(9-15)10-16)11-5-2-1-3-6-11/h1-7H. The number of nitrogens with zero attached hydrogens (tertiary/aromatic N) is 3. The van der Waals surface area contributed by atoms with Crippen LogP contribution in [0.4, 0.5) is 0 Å². The summed E-state index contributed by atoms with van der Waals surface area (Å²) < 4.78 is 0. The molecule has 0 aliphatic heterocycles. The molecule has 1 aromatic carbocycles. The van der Waals surface area contributed by atoms with Gasteiger partial charge in [0.15, 0.2) is 0 Å². The monoisotopic (exact) mass is 205 g/mol. The van der Waals surface area contributed by atoms with Crippen LogP contribution in [0.1, 0.15) is 5.56 Å². The summed E-state index contributed by atoms with van der Waals surface area (Å²) in [6.45, 7) is 0. The van der Waals surface area contributed by atoms with Crippen LogP contribution in [0.2, 0.25) is 0 Å². The molecule has 3 nitrogen and oxygen atoms in total. The molecule has 0 heterocycles. The Morgan fingerprint density at radius 1 is 1.00 bits per heavy atom. The smallest absolute Gasteiger partial charge is 0.137 e. The molecule has 0 saturated heterocycles. The van der Waals surface area contributed by atoms with Crippen LogP contribution in [-0.4, -0.2) is 0 Å². The van der Waals surface area contributed by atoms with Crippen molar-refractivity contribution in [3.8, 4) is 18.2 Å². The van der Waals surface area contributed by atoms with Crippen molar-refractivity contribution in [2.45, 2.75) is 0 Å². The lowest BCUT2D eigenvalue weighted by atomic mass is 10.0. The van der Waals surface area contributed by atoms with Gasteiger partial charge in [0.05, 0.1) is 6.07 Å². The summed E-state index contributed by atoms with van der Waals surface area (Å²) in [5.74, 6) is 0. The van der Waals surface area contributed by atoms with Gasteiger partial charge in [0.2, 0.25) is 0 Å². The first-order chi connectivity index (χ1) is 7.83. The number of hydrogen-bond acceptors (Lipinski definition) is 3. The van der Waals surface area contributed by atoms with Crippen molar-refractivity contribution in [1.29, 1.82) is 15.8 Å². The normalized spacial score (nSPS) is 8.81. The van der Waals surface area contributed by atoms with Crippen LogP contribution in [0, 0.1) is 34.0 Å². The van der Waals surface area contributed by atoms with E-state index in [4.69, 9.17) is 15.8 Å². The molecule has 0 atom stereocenters. The molecule has 0 amide bonds. The van der Waals surface area contributed by atoms with Crippen molar-refractivity contribution in [1.82, 2.24) is 0 Å². The summed E-state index contributed by atoms with van der Waals surface area (Å²) >= 11 is 0. The molecule has 0 aliphatic rings. The van der Waals surface area contributed by atoms with Crippen molar-refractivity contribution in [3.05, 3.63) is 53.6 Å². The summed E-state index contributed by atoms with van der Waals surface area (Å²) in [6, 6.07) is 14.5. The Morgan fingerprint density at radius 3 is 2.12 bits per heavy atom. The quantitative estimate of drug-likeness (QED) is 0.550. The number of hydrogen-bond donors (Lipinski definition) is 0. The largest absolute Gasteiger partial charge is 0.193 e. The Bertz CT molecular complexity index is 530. The van der Waals surface area contributed by atoms with E-state index in [1.807, 2.05) is 36.4 Å². The topological polar surface area (TPSA) is 71.4 Å². The zero-order valence-electron chi connectivity index (χ0n) is 8.38. The van der Waals surface area contributed by atoms with Crippen LogP contribution in [-0.2, 0) is 0 Å². The summed E-state index contributed by atoms with van der Waals surface area (Å²) in [5, 5.41) is 26.1. The van der Waals surface area contributed by atoms with Crippen LogP contribution >= 0.6 is 0 Å². The predicted octanol–water partition coefficient (Wildman–Crippen LogP) is 2.57. The zero-order valence-corrected chi connectivity index (χ0v) is 8.38. The van der Waals surface area contributed by atoms with E-state index in [0.29, 0.717) is 5.57 Å². The van der Waals surface area contributed by atoms with Gasteiger partial charge >= 0.3 is 0 Å². The van der Waals surface area contributed by atoms with Crippen molar-refractivity contribution < 1.29 is 0 Å². The maximum atomic E-state index is 8.81. The van der Waals surface area contributed by atoms with Crippen LogP contribution in [0.15, 0.2) is 48.1 Å². The Morgan fingerprint density at radius 2 is 1.62 bits per heavy atom. The summed E-state index contributed by atoms with van der Waals surface area (Å²) in [7, 11) is 0. The minimum Gasteiger partial charge on any atom is -0.193 e. The predicted molar refractivity (Wildman–Crippen MR) is 59.3 cm³/mol. The molecular formula is C13H7N3. The molecule has 0 spiro atoms. The second kappa shape index (κ2) is 5.81. The Kier molecular flexibility index (Phi) is 4.08. The average molecular weight is 205 g/mol. The van der Waals surface area contributed by atoms with E-state index in [1.54, 1.807) is 12.1 Å². The third kappa shape index (κ3) is 2.58. The second-order valence-electron chi connectivity index (χ2n) is 2.84. The lowest BCUT2D eigenvalue weighted by Gasteiger charge is -2.00. The maximum Gasteiger partial charge on any atom is 0.137 e. The van der Waals surface area contributed by atoms with E-state index in [9.17, 15) is 0 Å². The Labute approximate surface area is 93.8 Å². The molecule has 74 valence electrons. The lowest BCUT2D eigenvalue weighted by molar-refractivity contribution is 1.46. The van der Waals surface area contributed by atoms with Gasteiger partial charge in [-0.3, -0.25) is 0 Å². The SMILES string of the molecule is N#CC=CC(=C(C#N)C#N)c1ccccc1. The highest BCUT2D eigenvalue weighted by molar-refractivity contribution is 5.82. The van der Waals surface area contributed by atoms with Gasteiger partial charge in [-0.2, -0.15) is 15.8 Å². The molecule has 0 fully saturated rings. The summed E-state index contributed by atoms with van der Waals surface area (Å²) in [5.41, 5.74) is 1.21.